The highest BCUT2D eigenvalue weighted by Crippen LogP contribution is 2.30. The molecule has 1 heterocycles. The number of nitrogens with zero attached hydrogens (tertiary/aromatic N) is 2. The maximum atomic E-state index is 11.4. The van der Waals surface area contributed by atoms with E-state index < -0.39 is 5.97 Å². The first-order valence-electron chi connectivity index (χ1n) is 7.16. The molecule has 1 aromatic carbocycles. The third-order valence-corrected chi connectivity index (χ3v) is 4.61. The van der Waals surface area contributed by atoms with Crippen molar-refractivity contribution in [2.45, 2.75) is 20.3 Å². The SMILES string of the molecule is CCN(CC)CCc1nc(C(=O)O)c(-c2ccccc2)s1. The molecular weight excluding hydrogens is 284 g/mol. The maximum absolute atomic E-state index is 11.4. The normalized spacial score (nSPS) is 11.0. The predicted octanol–water partition coefficient (Wildman–Crippen LogP) is 3.39. The first kappa shape index (κ1) is 15.7. The van der Waals surface area contributed by atoms with Crippen LogP contribution < -0.4 is 0 Å². The second-order valence-corrected chi connectivity index (χ2v) is 5.82. The minimum atomic E-state index is -0.959. The Morgan fingerprint density at radius 2 is 1.90 bits per heavy atom. The lowest BCUT2D eigenvalue weighted by Gasteiger charge is -2.16. The van der Waals surface area contributed by atoms with Crippen LogP contribution in [-0.4, -0.2) is 40.6 Å². The minimum Gasteiger partial charge on any atom is -0.476 e. The third kappa shape index (κ3) is 3.89. The number of likely N-dealkylation sites (N-methyl/N-ethyl adjacent to an activating group) is 1. The molecule has 4 nitrogen and oxygen atoms in total. The van der Waals surface area contributed by atoms with Crippen LogP contribution in [0.15, 0.2) is 30.3 Å². The van der Waals surface area contributed by atoms with Crippen molar-refractivity contribution in [1.29, 1.82) is 0 Å². The largest absolute Gasteiger partial charge is 0.476 e. The van der Waals surface area contributed by atoms with E-state index in [0.717, 1.165) is 41.5 Å². The van der Waals surface area contributed by atoms with Crippen LogP contribution in [0.1, 0.15) is 29.3 Å². The van der Waals surface area contributed by atoms with E-state index in [2.05, 4.69) is 23.7 Å². The molecule has 0 unspecified atom stereocenters. The van der Waals surface area contributed by atoms with Crippen LogP contribution in [0.4, 0.5) is 0 Å². The summed E-state index contributed by atoms with van der Waals surface area (Å²) in [6.07, 6.45) is 0.791. The molecule has 0 saturated heterocycles. The lowest BCUT2D eigenvalue weighted by Crippen LogP contribution is -2.25. The summed E-state index contributed by atoms with van der Waals surface area (Å²) in [6.45, 7) is 7.17. The van der Waals surface area contributed by atoms with Gasteiger partial charge in [0.1, 0.15) is 0 Å². The Hall–Kier alpha value is -1.72. The van der Waals surface area contributed by atoms with Crippen LogP contribution in [0.2, 0.25) is 0 Å². The van der Waals surface area contributed by atoms with Crippen LogP contribution in [0.5, 0.6) is 0 Å². The van der Waals surface area contributed by atoms with Crippen molar-refractivity contribution >= 4 is 17.3 Å². The van der Waals surface area contributed by atoms with Crippen molar-refractivity contribution in [2.75, 3.05) is 19.6 Å². The lowest BCUT2D eigenvalue weighted by atomic mass is 10.1. The van der Waals surface area contributed by atoms with Gasteiger partial charge in [-0.25, -0.2) is 9.78 Å². The summed E-state index contributed by atoms with van der Waals surface area (Å²) in [6, 6.07) is 9.60. The molecule has 0 amide bonds. The Kier molecular flexibility index (Phi) is 5.47. The van der Waals surface area contributed by atoms with Gasteiger partial charge in [0.2, 0.25) is 0 Å². The third-order valence-electron chi connectivity index (χ3n) is 3.45. The number of benzene rings is 1. The Labute approximate surface area is 129 Å². The molecule has 0 fully saturated rings. The van der Waals surface area contributed by atoms with Crippen molar-refractivity contribution < 1.29 is 9.90 Å². The molecule has 21 heavy (non-hydrogen) atoms. The highest BCUT2D eigenvalue weighted by atomic mass is 32.1. The highest BCUT2D eigenvalue weighted by molar-refractivity contribution is 7.15. The van der Waals surface area contributed by atoms with Crippen LogP contribution in [0.25, 0.3) is 10.4 Å². The summed E-state index contributed by atoms with van der Waals surface area (Å²) in [5, 5.41) is 10.2. The Balaban J connectivity index is 2.24. The molecule has 112 valence electrons. The monoisotopic (exact) mass is 304 g/mol. The predicted molar refractivity (Wildman–Crippen MR) is 86.0 cm³/mol. The van der Waals surface area contributed by atoms with Crippen molar-refractivity contribution in [1.82, 2.24) is 9.88 Å². The van der Waals surface area contributed by atoms with E-state index in [1.54, 1.807) is 0 Å². The average Bonchev–Trinajstić information content (AvgIpc) is 2.94. The van der Waals surface area contributed by atoms with Gasteiger partial charge in [-0.2, -0.15) is 0 Å². The van der Waals surface area contributed by atoms with Gasteiger partial charge >= 0.3 is 5.97 Å². The quantitative estimate of drug-likeness (QED) is 0.852. The van der Waals surface area contributed by atoms with Gasteiger partial charge in [0.25, 0.3) is 0 Å². The second-order valence-electron chi connectivity index (χ2n) is 4.73. The fourth-order valence-electron chi connectivity index (χ4n) is 2.20. The van der Waals surface area contributed by atoms with Gasteiger partial charge < -0.3 is 10.0 Å². The van der Waals surface area contributed by atoms with Crippen LogP contribution in [0.3, 0.4) is 0 Å². The topological polar surface area (TPSA) is 53.4 Å². The van der Waals surface area contributed by atoms with Crippen molar-refractivity contribution in [3.05, 3.63) is 41.0 Å². The number of carboxylic acids is 1. The molecule has 0 radical (unpaired) electrons. The first-order valence-corrected chi connectivity index (χ1v) is 7.98. The van der Waals surface area contributed by atoms with Gasteiger partial charge in [-0.1, -0.05) is 44.2 Å². The number of carbonyl (C=O) groups is 1. The van der Waals surface area contributed by atoms with Crippen LogP contribution in [0, 0.1) is 0 Å². The molecule has 0 atom stereocenters. The van der Waals surface area contributed by atoms with E-state index in [0.29, 0.717) is 0 Å². The van der Waals surface area contributed by atoms with E-state index in [-0.39, 0.29) is 5.69 Å². The number of carboxylic acid groups (broad SMARTS) is 1. The standard InChI is InChI=1S/C16H20N2O2S/c1-3-18(4-2)11-10-13-17-14(16(19)20)15(21-13)12-8-6-5-7-9-12/h5-9H,3-4,10-11H2,1-2H3,(H,19,20). The number of thiazole rings is 1. The second kappa shape index (κ2) is 7.33. The summed E-state index contributed by atoms with van der Waals surface area (Å²) >= 11 is 1.49. The molecule has 2 aromatic rings. The van der Waals surface area contributed by atoms with Crippen molar-refractivity contribution in [3.8, 4) is 10.4 Å². The van der Waals surface area contributed by atoms with Gasteiger partial charge in [-0.05, 0) is 18.7 Å². The molecule has 2 rings (SSSR count). The fourth-order valence-corrected chi connectivity index (χ4v) is 3.24. The van der Waals surface area contributed by atoms with E-state index >= 15 is 0 Å². The lowest BCUT2D eigenvalue weighted by molar-refractivity contribution is 0.0692. The van der Waals surface area contributed by atoms with Gasteiger partial charge in [-0.15, -0.1) is 11.3 Å². The molecule has 1 aromatic heterocycles. The summed E-state index contributed by atoms with van der Waals surface area (Å²) in [7, 11) is 0. The molecule has 1 N–H and O–H groups in total. The van der Waals surface area contributed by atoms with E-state index in [4.69, 9.17) is 0 Å². The summed E-state index contributed by atoms with van der Waals surface area (Å²) < 4.78 is 0. The fraction of sp³-hybridized carbons (Fsp3) is 0.375. The molecular formula is C16H20N2O2S. The summed E-state index contributed by atoms with van der Waals surface area (Å²) in [5.41, 5.74) is 1.09. The minimum absolute atomic E-state index is 0.167. The van der Waals surface area contributed by atoms with Gasteiger partial charge in [0.15, 0.2) is 5.69 Å². The number of hydrogen-bond acceptors (Lipinski definition) is 4. The van der Waals surface area contributed by atoms with Crippen LogP contribution >= 0.6 is 11.3 Å². The summed E-state index contributed by atoms with van der Waals surface area (Å²) in [4.78, 5) is 18.8. The number of hydrogen-bond donors (Lipinski definition) is 1. The molecule has 0 spiro atoms. The molecule has 0 aliphatic carbocycles. The number of rotatable bonds is 7. The van der Waals surface area contributed by atoms with E-state index in [9.17, 15) is 9.90 Å². The van der Waals surface area contributed by atoms with Crippen molar-refractivity contribution in [3.63, 3.8) is 0 Å². The zero-order valence-electron chi connectivity index (χ0n) is 12.4. The van der Waals surface area contributed by atoms with Crippen LogP contribution in [-0.2, 0) is 6.42 Å². The Morgan fingerprint density at radius 3 is 2.48 bits per heavy atom. The highest BCUT2D eigenvalue weighted by Gasteiger charge is 2.18. The number of aromatic carboxylic acids is 1. The number of aromatic nitrogens is 1. The molecule has 0 saturated carbocycles. The molecule has 0 bridgehead atoms. The van der Waals surface area contributed by atoms with E-state index in [1.807, 2.05) is 30.3 Å². The first-order chi connectivity index (χ1) is 10.2. The maximum Gasteiger partial charge on any atom is 0.356 e. The zero-order chi connectivity index (χ0) is 15.2. The van der Waals surface area contributed by atoms with Gasteiger partial charge in [-0.3, -0.25) is 0 Å². The summed E-state index contributed by atoms with van der Waals surface area (Å²) in [5.74, 6) is -0.959. The smallest absolute Gasteiger partial charge is 0.356 e. The van der Waals surface area contributed by atoms with Gasteiger partial charge in [0, 0.05) is 13.0 Å². The Bertz CT molecular complexity index is 592. The molecule has 0 aliphatic heterocycles. The zero-order valence-corrected chi connectivity index (χ0v) is 13.2. The van der Waals surface area contributed by atoms with Crippen molar-refractivity contribution in [2.24, 2.45) is 0 Å². The van der Waals surface area contributed by atoms with E-state index in [1.165, 1.54) is 11.3 Å². The molecule has 5 heteroatoms. The van der Waals surface area contributed by atoms with Gasteiger partial charge in [0.05, 0.1) is 9.88 Å². The average molecular weight is 304 g/mol. The Morgan fingerprint density at radius 1 is 1.24 bits per heavy atom. The molecule has 0 aliphatic rings.